The summed E-state index contributed by atoms with van der Waals surface area (Å²) >= 11 is 0. The molecule has 0 saturated carbocycles. The van der Waals surface area contributed by atoms with Crippen molar-refractivity contribution in [2.75, 3.05) is 23.8 Å². The Labute approximate surface area is 164 Å². The van der Waals surface area contributed by atoms with Crippen LogP contribution in [-0.4, -0.2) is 39.6 Å². The van der Waals surface area contributed by atoms with E-state index in [0.29, 0.717) is 41.8 Å². The summed E-state index contributed by atoms with van der Waals surface area (Å²) in [4.78, 5) is 13.0. The number of anilines is 3. The zero-order valence-corrected chi connectivity index (χ0v) is 15.1. The van der Waals surface area contributed by atoms with E-state index in [2.05, 4.69) is 30.3 Å². The Morgan fingerprint density at radius 2 is 1.86 bits per heavy atom. The first kappa shape index (κ1) is 20.3. The van der Waals surface area contributed by atoms with E-state index in [1.165, 1.54) is 18.2 Å². The van der Waals surface area contributed by atoms with Gasteiger partial charge in [0.2, 0.25) is 5.95 Å². The highest BCUT2D eigenvalue weighted by atomic mass is 19.4. The van der Waals surface area contributed by atoms with Crippen molar-refractivity contribution in [3.05, 3.63) is 54.7 Å². The second-order valence-electron chi connectivity index (χ2n) is 5.88. The molecule has 3 N–H and O–H groups in total. The van der Waals surface area contributed by atoms with Gasteiger partial charge in [0, 0.05) is 37.2 Å². The van der Waals surface area contributed by atoms with Crippen molar-refractivity contribution in [2.45, 2.75) is 12.8 Å². The van der Waals surface area contributed by atoms with Crippen LogP contribution in [0.5, 0.6) is 5.75 Å². The van der Waals surface area contributed by atoms with Gasteiger partial charge in [-0.1, -0.05) is 12.1 Å². The minimum Gasteiger partial charge on any atom is -0.406 e. The Morgan fingerprint density at radius 1 is 1.00 bits per heavy atom. The number of nitrogens with one attached hydrogen (secondary N) is 2. The number of nitrogens with zero attached hydrogens (tertiary/aromatic N) is 3. The van der Waals surface area contributed by atoms with Crippen LogP contribution < -0.4 is 15.4 Å². The highest BCUT2D eigenvalue weighted by Crippen LogP contribution is 2.27. The number of pyridine rings is 1. The molecule has 3 rings (SSSR count). The monoisotopic (exact) mass is 405 g/mol. The molecule has 152 valence electrons. The average Bonchev–Trinajstić information content (AvgIpc) is 2.68. The molecule has 0 spiro atoms. The van der Waals surface area contributed by atoms with Crippen LogP contribution in [0.1, 0.15) is 6.42 Å². The standard InChI is InChI=1S/C19H18F3N5O2/c20-19(21,22)29-14-6-3-5-13(11-14)25-17-12-16(15-7-1-2-8-23-15)26-18(27-17)24-9-4-10-28/h1-3,5-8,11-12,28H,4,9-10H2,(H2,24,25,26,27). The Bertz CT molecular complexity index is 939. The van der Waals surface area contributed by atoms with Crippen molar-refractivity contribution < 1.29 is 23.0 Å². The average molecular weight is 405 g/mol. The highest BCUT2D eigenvalue weighted by molar-refractivity contribution is 5.65. The quantitative estimate of drug-likeness (QED) is 0.488. The second kappa shape index (κ2) is 9.20. The topological polar surface area (TPSA) is 92.2 Å². The maximum Gasteiger partial charge on any atom is 0.573 e. The maximum atomic E-state index is 12.4. The molecular weight excluding hydrogens is 387 g/mol. The Hall–Kier alpha value is -3.40. The predicted molar refractivity (Wildman–Crippen MR) is 102 cm³/mol. The summed E-state index contributed by atoms with van der Waals surface area (Å²) in [5.41, 5.74) is 1.49. The summed E-state index contributed by atoms with van der Waals surface area (Å²) in [6, 6.07) is 12.5. The summed E-state index contributed by atoms with van der Waals surface area (Å²) in [6.45, 7) is 0.473. The van der Waals surface area contributed by atoms with Crippen LogP contribution in [0, 0.1) is 0 Å². The fraction of sp³-hybridized carbons (Fsp3) is 0.211. The van der Waals surface area contributed by atoms with Crippen molar-refractivity contribution in [1.82, 2.24) is 15.0 Å². The Kier molecular flexibility index (Phi) is 6.45. The number of hydrogen-bond acceptors (Lipinski definition) is 7. The van der Waals surface area contributed by atoms with Gasteiger partial charge in [0.05, 0.1) is 11.4 Å². The van der Waals surface area contributed by atoms with E-state index in [0.717, 1.165) is 0 Å². The van der Waals surface area contributed by atoms with E-state index in [-0.39, 0.29) is 12.4 Å². The molecule has 0 saturated heterocycles. The summed E-state index contributed by atoms with van der Waals surface area (Å²) in [7, 11) is 0. The van der Waals surface area contributed by atoms with Crippen LogP contribution in [0.4, 0.5) is 30.6 Å². The fourth-order valence-corrected chi connectivity index (χ4v) is 2.43. The summed E-state index contributed by atoms with van der Waals surface area (Å²) in [5, 5.41) is 14.9. The molecule has 0 bridgehead atoms. The summed E-state index contributed by atoms with van der Waals surface area (Å²) in [5.74, 6) is 0.311. The molecular formula is C19H18F3N5O2. The first-order valence-electron chi connectivity index (χ1n) is 8.71. The number of alkyl halides is 3. The molecule has 7 nitrogen and oxygen atoms in total. The lowest BCUT2D eigenvalue weighted by Crippen LogP contribution is -2.17. The first-order valence-corrected chi connectivity index (χ1v) is 8.71. The number of rotatable bonds is 8. The molecule has 3 aromatic rings. The molecule has 0 atom stereocenters. The molecule has 1 aromatic carbocycles. The van der Waals surface area contributed by atoms with Gasteiger partial charge >= 0.3 is 6.36 Å². The second-order valence-corrected chi connectivity index (χ2v) is 5.88. The van der Waals surface area contributed by atoms with Crippen molar-refractivity contribution in [3.63, 3.8) is 0 Å². The largest absolute Gasteiger partial charge is 0.573 e. The number of benzene rings is 1. The third kappa shape index (κ3) is 6.32. The summed E-state index contributed by atoms with van der Waals surface area (Å²) in [6.07, 6.45) is -2.64. The molecule has 0 fully saturated rings. The van der Waals surface area contributed by atoms with Gasteiger partial charge < -0.3 is 20.5 Å². The number of aliphatic hydroxyl groups is 1. The third-order valence-corrected chi connectivity index (χ3v) is 3.61. The van der Waals surface area contributed by atoms with E-state index in [4.69, 9.17) is 5.11 Å². The minimum absolute atomic E-state index is 0.0179. The van der Waals surface area contributed by atoms with Crippen molar-refractivity contribution in [3.8, 4) is 17.1 Å². The molecule has 0 radical (unpaired) electrons. The Morgan fingerprint density at radius 3 is 2.59 bits per heavy atom. The van der Waals surface area contributed by atoms with Crippen LogP contribution in [0.3, 0.4) is 0 Å². The van der Waals surface area contributed by atoms with Crippen molar-refractivity contribution in [2.24, 2.45) is 0 Å². The van der Waals surface area contributed by atoms with Crippen molar-refractivity contribution >= 4 is 17.5 Å². The fourth-order valence-electron chi connectivity index (χ4n) is 2.43. The molecule has 0 aliphatic carbocycles. The van der Waals surface area contributed by atoms with E-state index < -0.39 is 6.36 Å². The van der Waals surface area contributed by atoms with Crippen molar-refractivity contribution in [1.29, 1.82) is 0 Å². The lowest BCUT2D eigenvalue weighted by Gasteiger charge is -2.13. The van der Waals surface area contributed by atoms with Gasteiger partial charge in [0.1, 0.15) is 11.6 Å². The number of hydrogen-bond donors (Lipinski definition) is 3. The zero-order valence-electron chi connectivity index (χ0n) is 15.1. The van der Waals surface area contributed by atoms with Gasteiger partial charge in [-0.15, -0.1) is 13.2 Å². The molecule has 29 heavy (non-hydrogen) atoms. The van der Waals surface area contributed by atoms with Gasteiger partial charge in [-0.25, -0.2) is 4.98 Å². The molecule has 0 unspecified atom stereocenters. The molecule has 2 heterocycles. The van der Waals surface area contributed by atoms with E-state index in [1.54, 1.807) is 30.5 Å². The normalized spacial score (nSPS) is 11.2. The minimum atomic E-state index is -4.77. The molecule has 0 amide bonds. The molecule has 0 aliphatic rings. The van der Waals surface area contributed by atoms with E-state index in [1.807, 2.05) is 6.07 Å². The van der Waals surface area contributed by atoms with Gasteiger partial charge in [0.15, 0.2) is 0 Å². The van der Waals surface area contributed by atoms with E-state index >= 15 is 0 Å². The number of ether oxygens (including phenoxy) is 1. The molecule has 0 aliphatic heterocycles. The predicted octanol–water partition coefficient (Wildman–Crippen LogP) is 3.98. The van der Waals surface area contributed by atoms with Gasteiger partial charge in [0.25, 0.3) is 0 Å². The van der Waals surface area contributed by atoms with E-state index in [9.17, 15) is 13.2 Å². The maximum absolute atomic E-state index is 12.4. The lowest BCUT2D eigenvalue weighted by atomic mass is 10.2. The van der Waals surface area contributed by atoms with Crippen LogP contribution in [-0.2, 0) is 0 Å². The van der Waals surface area contributed by atoms with Gasteiger partial charge in [-0.05, 0) is 30.7 Å². The van der Waals surface area contributed by atoms with Crippen LogP contribution in [0.15, 0.2) is 54.7 Å². The highest BCUT2D eigenvalue weighted by Gasteiger charge is 2.31. The van der Waals surface area contributed by atoms with Crippen LogP contribution in [0.2, 0.25) is 0 Å². The SMILES string of the molecule is OCCCNc1nc(Nc2cccc(OC(F)(F)F)c2)cc(-c2ccccn2)n1. The Balaban J connectivity index is 1.87. The van der Waals surface area contributed by atoms with Crippen LogP contribution >= 0.6 is 0 Å². The van der Waals surface area contributed by atoms with Gasteiger partial charge in [-0.3, -0.25) is 4.98 Å². The molecule has 2 aromatic heterocycles. The zero-order chi connectivity index (χ0) is 20.7. The molecule has 10 heteroatoms. The number of aromatic nitrogens is 3. The van der Waals surface area contributed by atoms with Gasteiger partial charge in [-0.2, -0.15) is 4.98 Å². The number of aliphatic hydroxyl groups excluding tert-OH is 1. The first-order chi connectivity index (χ1) is 13.9. The lowest BCUT2D eigenvalue weighted by molar-refractivity contribution is -0.274. The summed E-state index contributed by atoms with van der Waals surface area (Å²) < 4.78 is 41.3. The third-order valence-electron chi connectivity index (χ3n) is 3.61. The smallest absolute Gasteiger partial charge is 0.406 e. The number of halogens is 3. The van der Waals surface area contributed by atoms with Crippen LogP contribution in [0.25, 0.3) is 11.4 Å².